The van der Waals surface area contributed by atoms with Crippen molar-refractivity contribution >= 4 is 30.0 Å². The van der Waals surface area contributed by atoms with E-state index >= 15 is 0 Å². The largest absolute Gasteiger partial charge is 0.481 e. The third-order valence-corrected chi connectivity index (χ3v) is 0.984. The highest BCUT2D eigenvalue weighted by Crippen LogP contribution is 1.97. The van der Waals surface area contributed by atoms with Gasteiger partial charge in [0.2, 0.25) is 0 Å². The second-order valence-corrected chi connectivity index (χ2v) is 2.05. The third kappa shape index (κ3) is 8.01. The number of hydrogen-bond acceptors (Lipinski definition) is 2. The molecule has 0 aliphatic heterocycles. The molecular weight excluding hydrogens is 165 g/mol. The Balaban J connectivity index is 0. The Morgan fingerprint density at radius 1 is 1.78 bits per heavy atom. The van der Waals surface area contributed by atoms with E-state index in [1.165, 1.54) is 0 Å². The molecule has 0 fully saturated rings. The Kier molecular flexibility index (Phi) is 8.02. The van der Waals surface area contributed by atoms with Crippen LogP contribution in [0.3, 0.4) is 0 Å². The normalized spacial score (nSPS) is 11.8. The fraction of sp³-hybridized carbons (Fsp3) is 0.750. The summed E-state index contributed by atoms with van der Waals surface area (Å²) in [5.74, 6) is -0.907. The lowest BCUT2D eigenvalue weighted by Crippen LogP contribution is -2.17. The highest BCUT2D eigenvalue weighted by atomic mass is 35.5. The van der Waals surface area contributed by atoms with E-state index in [-0.39, 0.29) is 25.4 Å². The zero-order chi connectivity index (χ0) is 6.57. The van der Waals surface area contributed by atoms with Gasteiger partial charge in [-0.15, -0.1) is 24.0 Å². The molecular formula is C4H9Cl2NO2. The zero-order valence-corrected chi connectivity index (χ0v) is 6.28. The van der Waals surface area contributed by atoms with Gasteiger partial charge in [0.05, 0.1) is 11.8 Å². The van der Waals surface area contributed by atoms with Crippen LogP contribution < -0.4 is 5.73 Å². The summed E-state index contributed by atoms with van der Waals surface area (Å²) in [6.45, 7) is 0.216. The molecule has 0 bridgehead atoms. The number of nitrogens with two attached hydrogens (primary N) is 1. The molecule has 56 valence electrons. The molecule has 3 nitrogen and oxygen atoms in total. The van der Waals surface area contributed by atoms with Crippen molar-refractivity contribution in [3.63, 3.8) is 0 Å². The van der Waals surface area contributed by atoms with Crippen LogP contribution in [0.25, 0.3) is 0 Å². The van der Waals surface area contributed by atoms with Crippen molar-refractivity contribution in [2.45, 2.75) is 11.8 Å². The molecule has 1 atom stereocenters. The Bertz CT molecular complexity index is 88.6. The Labute approximate surface area is 64.6 Å². The fourth-order valence-corrected chi connectivity index (χ4v) is 0.405. The molecule has 0 radical (unpaired) electrons. The minimum absolute atomic E-state index is 0. The van der Waals surface area contributed by atoms with Crippen LogP contribution in [0.15, 0.2) is 0 Å². The molecule has 0 aliphatic rings. The van der Waals surface area contributed by atoms with E-state index in [2.05, 4.69) is 0 Å². The minimum atomic E-state index is -0.907. The molecule has 0 spiro atoms. The number of rotatable bonds is 3. The summed E-state index contributed by atoms with van der Waals surface area (Å²) in [6, 6.07) is 0. The maximum atomic E-state index is 9.83. The molecule has 0 rings (SSSR count). The van der Waals surface area contributed by atoms with Gasteiger partial charge in [0.25, 0.3) is 0 Å². The van der Waals surface area contributed by atoms with Crippen molar-refractivity contribution < 1.29 is 9.90 Å². The molecule has 0 aromatic rings. The number of hydrogen-bond donors (Lipinski definition) is 2. The average molecular weight is 174 g/mol. The van der Waals surface area contributed by atoms with E-state index in [1.807, 2.05) is 0 Å². The number of aliphatic carboxylic acids is 1. The number of carboxylic acid groups (broad SMARTS) is 1. The molecule has 0 aromatic carbocycles. The first-order chi connectivity index (χ1) is 3.66. The lowest BCUT2D eigenvalue weighted by Gasteiger charge is -1.98. The quantitative estimate of drug-likeness (QED) is 0.610. The molecule has 0 saturated heterocycles. The summed E-state index contributed by atoms with van der Waals surface area (Å²) >= 11 is 5.35. The standard InChI is InChI=1S/C4H8ClNO2.ClH/c5-3(2-6)1-4(7)8;/h3H,1-2,6H2,(H,7,8);1H. The van der Waals surface area contributed by atoms with Gasteiger partial charge in [-0.2, -0.15) is 0 Å². The highest BCUT2D eigenvalue weighted by Gasteiger charge is 2.05. The highest BCUT2D eigenvalue weighted by molar-refractivity contribution is 6.21. The zero-order valence-electron chi connectivity index (χ0n) is 4.71. The monoisotopic (exact) mass is 173 g/mol. The van der Waals surface area contributed by atoms with Crippen LogP contribution in [-0.4, -0.2) is 23.0 Å². The van der Waals surface area contributed by atoms with Crippen LogP contribution in [0, 0.1) is 0 Å². The number of alkyl halides is 1. The van der Waals surface area contributed by atoms with Crippen molar-refractivity contribution in [3.05, 3.63) is 0 Å². The van der Waals surface area contributed by atoms with Gasteiger partial charge < -0.3 is 10.8 Å². The number of carbonyl (C=O) groups is 1. The minimum Gasteiger partial charge on any atom is -0.481 e. The fourth-order valence-electron chi connectivity index (χ4n) is 0.273. The van der Waals surface area contributed by atoms with Crippen molar-refractivity contribution in [2.24, 2.45) is 5.73 Å². The van der Waals surface area contributed by atoms with Gasteiger partial charge in [-0.3, -0.25) is 4.79 Å². The van der Waals surface area contributed by atoms with Crippen molar-refractivity contribution in [2.75, 3.05) is 6.54 Å². The van der Waals surface area contributed by atoms with Crippen LogP contribution in [0.4, 0.5) is 0 Å². The summed E-state index contributed by atoms with van der Waals surface area (Å²) in [4.78, 5) is 9.83. The van der Waals surface area contributed by atoms with Crippen LogP contribution >= 0.6 is 24.0 Å². The van der Waals surface area contributed by atoms with Gasteiger partial charge in [0.1, 0.15) is 0 Å². The van der Waals surface area contributed by atoms with Gasteiger partial charge in [0.15, 0.2) is 0 Å². The first-order valence-electron chi connectivity index (χ1n) is 2.22. The summed E-state index contributed by atoms with van der Waals surface area (Å²) in [5, 5.41) is 7.65. The number of carboxylic acids is 1. The Morgan fingerprint density at radius 3 is 2.33 bits per heavy atom. The predicted octanol–water partition coefficient (Wildman–Crippen LogP) is 0.449. The van der Waals surface area contributed by atoms with Crippen molar-refractivity contribution in [1.29, 1.82) is 0 Å². The predicted molar refractivity (Wildman–Crippen MR) is 38.2 cm³/mol. The van der Waals surface area contributed by atoms with Crippen LogP contribution in [-0.2, 0) is 4.79 Å². The van der Waals surface area contributed by atoms with Gasteiger partial charge in [-0.25, -0.2) is 0 Å². The Morgan fingerprint density at radius 2 is 2.22 bits per heavy atom. The van der Waals surface area contributed by atoms with E-state index < -0.39 is 11.3 Å². The van der Waals surface area contributed by atoms with E-state index in [4.69, 9.17) is 22.4 Å². The number of halogens is 2. The van der Waals surface area contributed by atoms with E-state index in [0.29, 0.717) is 0 Å². The average Bonchev–Trinajstić information content (AvgIpc) is 1.65. The van der Waals surface area contributed by atoms with E-state index in [0.717, 1.165) is 0 Å². The summed E-state index contributed by atoms with van der Waals surface area (Å²) in [5.41, 5.74) is 5.03. The molecule has 0 saturated carbocycles. The SMILES string of the molecule is Cl.NCC(Cl)CC(=O)O. The first-order valence-corrected chi connectivity index (χ1v) is 2.66. The van der Waals surface area contributed by atoms with Gasteiger partial charge >= 0.3 is 5.97 Å². The molecule has 0 amide bonds. The second kappa shape index (κ2) is 6.13. The van der Waals surface area contributed by atoms with Crippen LogP contribution in [0.5, 0.6) is 0 Å². The van der Waals surface area contributed by atoms with E-state index in [1.54, 1.807) is 0 Å². The van der Waals surface area contributed by atoms with Gasteiger partial charge in [-0.1, -0.05) is 0 Å². The van der Waals surface area contributed by atoms with Crippen molar-refractivity contribution in [1.82, 2.24) is 0 Å². The lowest BCUT2D eigenvalue weighted by atomic mass is 10.3. The molecule has 3 N–H and O–H groups in total. The summed E-state index contributed by atoms with van der Waals surface area (Å²) < 4.78 is 0. The van der Waals surface area contributed by atoms with Crippen LogP contribution in [0.1, 0.15) is 6.42 Å². The van der Waals surface area contributed by atoms with Gasteiger partial charge in [-0.05, 0) is 0 Å². The Hall–Kier alpha value is 0.01000. The summed E-state index contributed by atoms with van der Waals surface area (Å²) in [6.07, 6.45) is -0.0575. The molecule has 5 heteroatoms. The van der Waals surface area contributed by atoms with Crippen LogP contribution in [0.2, 0.25) is 0 Å². The second-order valence-electron chi connectivity index (χ2n) is 1.43. The molecule has 0 aromatic heterocycles. The smallest absolute Gasteiger partial charge is 0.304 e. The lowest BCUT2D eigenvalue weighted by molar-refractivity contribution is -0.136. The molecule has 9 heavy (non-hydrogen) atoms. The molecule has 0 aliphatic carbocycles. The maximum Gasteiger partial charge on any atom is 0.304 e. The topological polar surface area (TPSA) is 63.3 Å². The maximum absolute atomic E-state index is 9.83. The first kappa shape index (κ1) is 11.8. The van der Waals surface area contributed by atoms with E-state index in [9.17, 15) is 4.79 Å². The third-order valence-electron chi connectivity index (χ3n) is 0.652. The summed E-state index contributed by atoms with van der Waals surface area (Å²) in [7, 11) is 0. The molecule has 0 heterocycles. The molecule has 1 unspecified atom stereocenters. The van der Waals surface area contributed by atoms with Crippen molar-refractivity contribution in [3.8, 4) is 0 Å². The van der Waals surface area contributed by atoms with Gasteiger partial charge in [0, 0.05) is 6.54 Å².